The van der Waals surface area contributed by atoms with Crippen LogP contribution in [0.1, 0.15) is 62.7 Å². The Hall–Kier alpha value is -1.51. The molecule has 0 saturated heterocycles. The Kier molecular flexibility index (Phi) is 7.01. The number of ketones is 1. The van der Waals surface area contributed by atoms with Crippen LogP contribution in [0.15, 0.2) is 18.2 Å². The van der Waals surface area contributed by atoms with Crippen LogP contribution in [-0.2, 0) is 0 Å². The molecule has 1 aromatic rings. The van der Waals surface area contributed by atoms with E-state index in [0.29, 0.717) is 11.3 Å². The van der Waals surface area contributed by atoms with Gasteiger partial charge in [0.05, 0.1) is 0 Å². The molecule has 19 heavy (non-hydrogen) atoms. The topological polar surface area (TPSA) is 55.1 Å². The fourth-order valence-electron chi connectivity index (χ4n) is 2.11. The second kappa shape index (κ2) is 8.57. The van der Waals surface area contributed by atoms with Gasteiger partial charge in [0, 0.05) is 23.5 Å². The number of carbonyl (C=O) groups excluding carboxylic acids is 1. The molecule has 3 N–H and O–H groups in total. The molecule has 0 amide bonds. The molecule has 0 aliphatic heterocycles. The van der Waals surface area contributed by atoms with Crippen molar-refractivity contribution in [3.63, 3.8) is 0 Å². The number of nitrogens with two attached hydrogens (primary N) is 1. The molecule has 1 aromatic carbocycles. The van der Waals surface area contributed by atoms with Crippen molar-refractivity contribution in [2.75, 3.05) is 17.6 Å². The van der Waals surface area contributed by atoms with Crippen molar-refractivity contribution >= 4 is 17.2 Å². The van der Waals surface area contributed by atoms with Gasteiger partial charge < -0.3 is 11.1 Å². The lowest BCUT2D eigenvalue weighted by Gasteiger charge is -2.09. The van der Waals surface area contributed by atoms with Crippen molar-refractivity contribution in [3.05, 3.63) is 23.8 Å². The molecule has 0 bridgehead atoms. The Bertz CT molecular complexity index is 402. The summed E-state index contributed by atoms with van der Waals surface area (Å²) in [5.41, 5.74) is 7.90. The normalized spacial score (nSPS) is 10.4. The highest BCUT2D eigenvalue weighted by atomic mass is 16.1. The lowest BCUT2D eigenvalue weighted by molar-refractivity contribution is 0.101. The summed E-state index contributed by atoms with van der Waals surface area (Å²) < 4.78 is 0. The molecule has 0 saturated carbocycles. The minimum absolute atomic E-state index is 0.0146. The predicted octanol–water partition coefficient (Wildman–Crippen LogP) is 4.24. The van der Waals surface area contributed by atoms with Gasteiger partial charge >= 0.3 is 0 Å². The van der Waals surface area contributed by atoms with Crippen LogP contribution in [0.25, 0.3) is 0 Å². The van der Waals surface area contributed by atoms with E-state index in [1.54, 1.807) is 13.0 Å². The fraction of sp³-hybridized carbons (Fsp3) is 0.562. The first-order valence-electron chi connectivity index (χ1n) is 7.29. The zero-order chi connectivity index (χ0) is 14.1. The highest BCUT2D eigenvalue weighted by Gasteiger charge is 2.05. The summed E-state index contributed by atoms with van der Waals surface area (Å²) in [4.78, 5) is 11.4. The van der Waals surface area contributed by atoms with E-state index >= 15 is 0 Å². The minimum atomic E-state index is 0.0146. The second-order valence-corrected chi connectivity index (χ2v) is 5.05. The molecule has 0 radical (unpaired) electrons. The third-order valence-electron chi connectivity index (χ3n) is 3.29. The van der Waals surface area contributed by atoms with Crippen LogP contribution in [-0.4, -0.2) is 12.3 Å². The first-order chi connectivity index (χ1) is 9.15. The van der Waals surface area contributed by atoms with Gasteiger partial charge in [0.1, 0.15) is 0 Å². The maximum Gasteiger partial charge on any atom is 0.161 e. The monoisotopic (exact) mass is 262 g/mol. The minimum Gasteiger partial charge on any atom is -0.398 e. The summed E-state index contributed by atoms with van der Waals surface area (Å²) in [6.07, 6.45) is 7.72. The molecule has 0 aromatic heterocycles. The van der Waals surface area contributed by atoms with Crippen LogP contribution in [0.3, 0.4) is 0 Å². The van der Waals surface area contributed by atoms with Crippen molar-refractivity contribution in [2.24, 2.45) is 0 Å². The predicted molar refractivity (Wildman–Crippen MR) is 82.7 cm³/mol. The van der Waals surface area contributed by atoms with Gasteiger partial charge in [-0.3, -0.25) is 4.79 Å². The molecule has 3 heteroatoms. The summed E-state index contributed by atoms with van der Waals surface area (Å²) in [5.74, 6) is 0.0146. The van der Waals surface area contributed by atoms with E-state index in [0.717, 1.165) is 12.2 Å². The van der Waals surface area contributed by atoms with Crippen LogP contribution >= 0.6 is 0 Å². The molecule has 3 nitrogen and oxygen atoms in total. The standard InChI is InChI=1S/C16H26N2O/c1-3-4-5-6-7-8-11-18-14-9-10-16(17)15(12-14)13(2)19/h9-10,12,18H,3-8,11,17H2,1-2H3. The molecular weight excluding hydrogens is 236 g/mol. The van der Waals surface area contributed by atoms with Crippen molar-refractivity contribution in [3.8, 4) is 0 Å². The van der Waals surface area contributed by atoms with Gasteiger partial charge in [0.25, 0.3) is 0 Å². The highest BCUT2D eigenvalue weighted by Crippen LogP contribution is 2.18. The Labute approximate surface area is 116 Å². The maximum atomic E-state index is 11.4. The number of rotatable bonds is 9. The number of nitrogen functional groups attached to an aromatic ring is 1. The van der Waals surface area contributed by atoms with E-state index in [4.69, 9.17) is 5.73 Å². The zero-order valence-corrected chi connectivity index (χ0v) is 12.2. The van der Waals surface area contributed by atoms with Gasteiger partial charge in [0.15, 0.2) is 5.78 Å². The Balaban J connectivity index is 2.30. The van der Waals surface area contributed by atoms with Gasteiger partial charge in [-0.05, 0) is 31.5 Å². The third-order valence-corrected chi connectivity index (χ3v) is 3.29. The maximum absolute atomic E-state index is 11.4. The van der Waals surface area contributed by atoms with Gasteiger partial charge in [-0.15, -0.1) is 0 Å². The molecule has 0 heterocycles. The smallest absolute Gasteiger partial charge is 0.161 e. The number of nitrogens with one attached hydrogen (secondary N) is 1. The van der Waals surface area contributed by atoms with E-state index in [1.165, 1.54) is 38.5 Å². The average molecular weight is 262 g/mol. The number of carbonyl (C=O) groups is 1. The lowest BCUT2D eigenvalue weighted by atomic mass is 10.1. The first kappa shape index (κ1) is 15.5. The Morgan fingerprint density at radius 3 is 2.53 bits per heavy atom. The highest BCUT2D eigenvalue weighted by molar-refractivity contribution is 5.99. The molecule has 106 valence electrons. The Morgan fingerprint density at radius 1 is 1.16 bits per heavy atom. The van der Waals surface area contributed by atoms with Crippen LogP contribution in [0.2, 0.25) is 0 Å². The Morgan fingerprint density at radius 2 is 1.84 bits per heavy atom. The number of Topliss-reactive ketones (excluding diaryl/α,β-unsaturated/α-hetero) is 1. The van der Waals surface area contributed by atoms with Crippen LogP contribution in [0, 0.1) is 0 Å². The average Bonchev–Trinajstić information content (AvgIpc) is 2.39. The summed E-state index contributed by atoms with van der Waals surface area (Å²) in [6, 6.07) is 5.56. The summed E-state index contributed by atoms with van der Waals surface area (Å²) in [7, 11) is 0. The van der Waals surface area contributed by atoms with Crippen LogP contribution < -0.4 is 11.1 Å². The first-order valence-corrected chi connectivity index (χ1v) is 7.29. The fourth-order valence-corrected chi connectivity index (χ4v) is 2.11. The SMILES string of the molecule is CCCCCCCCNc1ccc(N)c(C(C)=O)c1. The number of benzene rings is 1. The quantitative estimate of drug-likeness (QED) is 0.397. The lowest BCUT2D eigenvalue weighted by Crippen LogP contribution is -2.05. The van der Waals surface area contributed by atoms with E-state index < -0.39 is 0 Å². The van der Waals surface area contributed by atoms with Gasteiger partial charge in [0.2, 0.25) is 0 Å². The third kappa shape index (κ3) is 5.77. The van der Waals surface area contributed by atoms with E-state index in [9.17, 15) is 4.79 Å². The molecule has 0 atom stereocenters. The van der Waals surface area contributed by atoms with E-state index in [-0.39, 0.29) is 5.78 Å². The molecule has 0 aliphatic carbocycles. The summed E-state index contributed by atoms with van der Waals surface area (Å²) in [5, 5.41) is 3.35. The van der Waals surface area contributed by atoms with Gasteiger partial charge in [-0.25, -0.2) is 0 Å². The number of hydrogen-bond donors (Lipinski definition) is 2. The van der Waals surface area contributed by atoms with Crippen LogP contribution in [0.5, 0.6) is 0 Å². The van der Waals surface area contributed by atoms with Crippen molar-refractivity contribution in [1.29, 1.82) is 0 Å². The second-order valence-electron chi connectivity index (χ2n) is 5.05. The van der Waals surface area contributed by atoms with Crippen molar-refractivity contribution in [2.45, 2.75) is 52.4 Å². The molecule has 0 aliphatic rings. The largest absolute Gasteiger partial charge is 0.398 e. The van der Waals surface area contributed by atoms with E-state index in [2.05, 4.69) is 12.2 Å². The molecule has 1 rings (SSSR count). The summed E-state index contributed by atoms with van der Waals surface area (Å²) in [6.45, 7) is 4.73. The van der Waals surface area contributed by atoms with Crippen molar-refractivity contribution < 1.29 is 4.79 Å². The molecule has 0 spiro atoms. The number of anilines is 2. The number of unbranched alkanes of at least 4 members (excludes halogenated alkanes) is 5. The van der Waals surface area contributed by atoms with Crippen LogP contribution in [0.4, 0.5) is 11.4 Å². The van der Waals surface area contributed by atoms with Gasteiger partial charge in [-0.1, -0.05) is 39.0 Å². The molecule has 0 fully saturated rings. The van der Waals surface area contributed by atoms with E-state index in [1.807, 2.05) is 12.1 Å². The zero-order valence-electron chi connectivity index (χ0n) is 12.2. The van der Waals surface area contributed by atoms with Gasteiger partial charge in [-0.2, -0.15) is 0 Å². The molecule has 0 unspecified atom stereocenters. The van der Waals surface area contributed by atoms with Crippen molar-refractivity contribution in [1.82, 2.24) is 0 Å². The number of hydrogen-bond acceptors (Lipinski definition) is 3. The molecular formula is C16H26N2O. The summed E-state index contributed by atoms with van der Waals surface area (Å²) >= 11 is 0.